The molecule has 7 nitrogen and oxygen atoms in total. The van der Waals surface area contributed by atoms with Gasteiger partial charge in [-0.25, -0.2) is 0 Å². The van der Waals surface area contributed by atoms with Crippen molar-refractivity contribution in [3.05, 3.63) is 50.2 Å². The highest BCUT2D eigenvalue weighted by Crippen LogP contribution is 2.24. The maximum Gasteiger partial charge on any atom is 0.270 e. The normalized spacial score (nSPS) is 10.4. The lowest BCUT2D eigenvalue weighted by Gasteiger charge is -2.06. The second-order valence-corrected chi connectivity index (χ2v) is 5.25. The summed E-state index contributed by atoms with van der Waals surface area (Å²) in [4.78, 5) is 22.5. The average molecular weight is 353 g/mol. The summed E-state index contributed by atoms with van der Waals surface area (Å²) in [5, 5.41) is 17.8. The molecular formula is C13H13BrN4O3. The molecule has 0 atom stereocenters. The van der Waals surface area contributed by atoms with Crippen LogP contribution in [0.4, 0.5) is 11.4 Å². The van der Waals surface area contributed by atoms with Gasteiger partial charge in [0.15, 0.2) is 0 Å². The minimum Gasteiger partial charge on any atom is -0.319 e. The topological polar surface area (TPSA) is 90.1 Å². The van der Waals surface area contributed by atoms with Crippen molar-refractivity contribution in [3.8, 4) is 0 Å². The van der Waals surface area contributed by atoms with E-state index in [1.165, 1.54) is 18.2 Å². The van der Waals surface area contributed by atoms with Gasteiger partial charge in [0.25, 0.3) is 11.6 Å². The van der Waals surface area contributed by atoms with Crippen molar-refractivity contribution in [2.45, 2.75) is 13.3 Å². The molecule has 0 unspecified atom stereocenters. The smallest absolute Gasteiger partial charge is 0.270 e. The number of hydrogen-bond acceptors (Lipinski definition) is 4. The second kappa shape index (κ2) is 6.04. The number of carbonyl (C=O) groups is 1. The summed E-state index contributed by atoms with van der Waals surface area (Å²) in [6.45, 7) is 1.93. The SMILES string of the molecule is CCc1nn(C)cc1NC(=O)c1cc([N+](=O)[O-])ccc1Br. The van der Waals surface area contributed by atoms with E-state index in [4.69, 9.17) is 0 Å². The molecular weight excluding hydrogens is 340 g/mol. The Labute approximate surface area is 129 Å². The number of rotatable bonds is 4. The van der Waals surface area contributed by atoms with Gasteiger partial charge in [0.05, 0.1) is 21.9 Å². The Kier molecular flexibility index (Phi) is 4.37. The lowest BCUT2D eigenvalue weighted by molar-refractivity contribution is -0.384. The highest BCUT2D eigenvalue weighted by molar-refractivity contribution is 9.10. The van der Waals surface area contributed by atoms with Crippen LogP contribution in [0.3, 0.4) is 0 Å². The molecule has 1 N–H and O–H groups in total. The first-order valence-electron chi connectivity index (χ1n) is 6.20. The number of aryl methyl sites for hydroxylation is 2. The highest BCUT2D eigenvalue weighted by Gasteiger charge is 2.17. The number of carbonyl (C=O) groups excluding carboxylic acids is 1. The standard InChI is InChI=1S/C13H13BrN4O3/c1-3-11-12(7-17(2)16-11)15-13(19)9-6-8(18(20)21)4-5-10(9)14/h4-7H,3H2,1-2H3,(H,15,19). The van der Waals surface area contributed by atoms with E-state index >= 15 is 0 Å². The van der Waals surface area contributed by atoms with Crippen molar-refractivity contribution in [1.82, 2.24) is 9.78 Å². The summed E-state index contributed by atoms with van der Waals surface area (Å²) < 4.78 is 2.10. The van der Waals surface area contributed by atoms with Crippen LogP contribution in [-0.2, 0) is 13.5 Å². The summed E-state index contributed by atoms with van der Waals surface area (Å²) in [7, 11) is 1.76. The van der Waals surface area contributed by atoms with E-state index in [2.05, 4.69) is 26.3 Å². The van der Waals surface area contributed by atoms with E-state index in [9.17, 15) is 14.9 Å². The fourth-order valence-electron chi connectivity index (χ4n) is 1.89. The highest BCUT2D eigenvalue weighted by atomic mass is 79.9. The number of nitrogens with zero attached hydrogens (tertiary/aromatic N) is 3. The Hall–Kier alpha value is -2.22. The zero-order valence-corrected chi connectivity index (χ0v) is 13.0. The maximum absolute atomic E-state index is 12.3. The third-order valence-electron chi connectivity index (χ3n) is 2.89. The molecule has 0 spiro atoms. The van der Waals surface area contributed by atoms with Gasteiger partial charge in [0.1, 0.15) is 0 Å². The minimum absolute atomic E-state index is 0.134. The van der Waals surface area contributed by atoms with Gasteiger partial charge >= 0.3 is 0 Å². The van der Waals surface area contributed by atoms with Crippen molar-refractivity contribution >= 4 is 33.2 Å². The minimum atomic E-state index is -0.537. The first-order chi connectivity index (χ1) is 9.92. The monoisotopic (exact) mass is 352 g/mol. The molecule has 0 radical (unpaired) electrons. The molecule has 0 saturated carbocycles. The van der Waals surface area contributed by atoms with Crippen molar-refractivity contribution < 1.29 is 9.72 Å². The molecule has 2 rings (SSSR count). The molecule has 110 valence electrons. The molecule has 0 fully saturated rings. The number of halogens is 1. The van der Waals surface area contributed by atoms with Gasteiger partial charge in [-0.1, -0.05) is 6.92 Å². The van der Waals surface area contributed by atoms with E-state index in [1.54, 1.807) is 17.9 Å². The van der Waals surface area contributed by atoms with Crippen LogP contribution >= 0.6 is 15.9 Å². The summed E-state index contributed by atoms with van der Waals surface area (Å²) >= 11 is 3.23. The Bertz CT molecular complexity index is 711. The number of hydrogen-bond donors (Lipinski definition) is 1. The van der Waals surface area contributed by atoms with Crippen molar-refractivity contribution in [2.24, 2.45) is 7.05 Å². The zero-order chi connectivity index (χ0) is 15.6. The van der Waals surface area contributed by atoms with Crippen LogP contribution in [0.15, 0.2) is 28.9 Å². The van der Waals surface area contributed by atoms with Gasteiger partial charge in [-0.2, -0.15) is 5.10 Å². The number of nitro groups is 1. The first kappa shape index (κ1) is 15.2. The van der Waals surface area contributed by atoms with E-state index in [-0.39, 0.29) is 11.3 Å². The molecule has 0 saturated heterocycles. The third-order valence-corrected chi connectivity index (χ3v) is 3.59. The maximum atomic E-state index is 12.3. The van der Waals surface area contributed by atoms with Gasteiger partial charge < -0.3 is 5.32 Å². The van der Waals surface area contributed by atoms with Crippen molar-refractivity contribution in [3.63, 3.8) is 0 Å². The van der Waals surface area contributed by atoms with Crippen LogP contribution in [0.5, 0.6) is 0 Å². The Morgan fingerprint density at radius 1 is 1.52 bits per heavy atom. The van der Waals surface area contributed by atoms with Gasteiger partial charge in [-0.3, -0.25) is 19.6 Å². The third kappa shape index (κ3) is 3.27. The van der Waals surface area contributed by atoms with E-state index in [0.29, 0.717) is 16.6 Å². The molecule has 1 aromatic carbocycles. The van der Waals surface area contributed by atoms with Gasteiger partial charge in [-0.15, -0.1) is 0 Å². The van der Waals surface area contributed by atoms with Crippen LogP contribution in [0.1, 0.15) is 23.0 Å². The van der Waals surface area contributed by atoms with Crippen LogP contribution < -0.4 is 5.32 Å². The van der Waals surface area contributed by atoms with Crippen LogP contribution in [-0.4, -0.2) is 20.6 Å². The molecule has 1 amide bonds. The van der Waals surface area contributed by atoms with E-state index in [1.807, 2.05) is 6.92 Å². The fourth-order valence-corrected chi connectivity index (χ4v) is 2.32. The number of amides is 1. The number of non-ortho nitro benzene ring substituents is 1. The molecule has 0 bridgehead atoms. The quantitative estimate of drug-likeness (QED) is 0.676. The number of benzene rings is 1. The predicted octanol–water partition coefficient (Wildman–Crippen LogP) is 2.91. The summed E-state index contributed by atoms with van der Waals surface area (Å²) in [5.41, 5.74) is 1.43. The number of aromatic nitrogens is 2. The predicted molar refractivity (Wildman–Crippen MR) is 81.3 cm³/mol. The van der Waals surface area contributed by atoms with Gasteiger partial charge in [0, 0.05) is 29.8 Å². The molecule has 8 heteroatoms. The molecule has 1 aromatic heterocycles. The summed E-state index contributed by atoms with van der Waals surface area (Å²) in [6.07, 6.45) is 2.37. The zero-order valence-electron chi connectivity index (χ0n) is 11.5. The Balaban J connectivity index is 2.31. The summed E-state index contributed by atoms with van der Waals surface area (Å²) in [6, 6.07) is 4.06. The Morgan fingerprint density at radius 2 is 2.24 bits per heavy atom. The van der Waals surface area contributed by atoms with Crippen LogP contribution in [0, 0.1) is 10.1 Å². The van der Waals surface area contributed by atoms with Gasteiger partial charge in [-0.05, 0) is 28.4 Å². The number of anilines is 1. The molecule has 0 aliphatic carbocycles. The van der Waals surface area contributed by atoms with Crippen LogP contribution in [0.25, 0.3) is 0 Å². The largest absolute Gasteiger partial charge is 0.319 e. The summed E-state index contributed by atoms with van der Waals surface area (Å²) in [5.74, 6) is -0.423. The first-order valence-corrected chi connectivity index (χ1v) is 6.99. The molecule has 21 heavy (non-hydrogen) atoms. The second-order valence-electron chi connectivity index (χ2n) is 4.39. The van der Waals surface area contributed by atoms with Crippen LogP contribution in [0.2, 0.25) is 0 Å². The lowest BCUT2D eigenvalue weighted by atomic mass is 10.2. The molecule has 2 aromatic rings. The van der Waals surface area contributed by atoms with E-state index in [0.717, 1.165) is 5.69 Å². The molecule has 0 aliphatic rings. The molecule has 0 aliphatic heterocycles. The number of nitrogens with one attached hydrogen (secondary N) is 1. The fraction of sp³-hybridized carbons (Fsp3) is 0.231. The average Bonchev–Trinajstić information content (AvgIpc) is 2.78. The van der Waals surface area contributed by atoms with Crippen molar-refractivity contribution in [2.75, 3.05) is 5.32 Å². The Morgan fingerprint density at radius 3 is 2.86 bits per heavy atom. The lowest BCUT2D eigenvalue weighted by Crippen LogP contribution is -2.13. The van der Waals surface area contributed by atoms with Crippen molar-refractivity contribution in [1.29, 1.82) is 0 Å². The van der Waals surface area contributed by atoms with E-state index < -0.39 is 10.8 Å². The number of nitro benzene ring substituents is 1. The van der Waals surface area contributed by atoms with Gasteiger partial charge in [0.2, 0.25) is 0 Å². The molecule has 1 heterocycles.